The maximum Gasteiger partial charge on any atom is 0.374 e. The number of carbonyl (C=O) groups is 1. The summed E-state index contributed by atoms with van der Waals surface area (Å²) in [6, 6.07) is 9.33. The molecule has 3 aromatic heterocycles. The van der Waals surface area contributed by atoms with Crippen LogP contribution in [0.15, 0.2) is 46.3 Å². The van der Waals surface area contributed by atoms with Gasteiger partial charge in [-0.05, 0) is 61.9 Å². The quantitative estimate of drug-likeness (QED) is 0.355. The Hall–Kier alpha value is -3.60. The van der Waals surface area contributed by atoms with Gasteiger partial charge in [-0.25, -0.2) is 24.7 Å². The summed E-state index contributed by atoms with van der Waals surface area (Å²) in [5, 5.41) is 12.8. The number of carboxylic acid groups (broad SMARTS) is 1. The molecule has 1 saturated carbocycles. The molecule has 1 atom stereocenters. The van der Waals surface area contributed by atoms with Gasteiger partial charge in [-0.3, -0.25) is 0 Å². The Morgan fingerprint density at radius 1 is 1.11 bits per heavy atom. The first kappa shape index (κ1) is 22.8. The van der Waals surface area contributed by atoms with E-state index >= 15 is 7.77 Å². The van der Waals surface area contributed by atoms with Crippen molar-refractivity contribution in [1.29, 1.82) is 0 Å². The molecule has 4 aromatic rings. The fourth-order valence-corrected chi connectivity index (χ4v) is 5.95. The zero-order chi connectivity index (χ0) is 25.2. The van der Waals surface area contributed by atoms with E-state index in [2.05, 4.69) is 32.2 Å². The van der Waals surface area contributed by atoms with Crippen LogP contribution in [0.4, 0.5) is 13.6 Å². The summed E-state index contributed by atoms with van der Waals surface area (Å²) >= 11 is 0. The minimum absolute atomic E-state index is 0.0518. The maximum absolute atomic E-state index is 15.4. The largest absolute Gasteiger partial charge is 0.475 e. The molecule has 1 fully saturated rings. The molecule has 4 bridgehead atoms. The van der Waals surface area contributed by atoms with Gasteiger partial charge in [0.1, 0.15) is 27.0 Å². The van der Waals surface area contributed by atoms with Crippen LogP contribution in [-0.2, 0) is 6.54 Å². The van der Waals surface area contributed by atoms with Gasteiger partial charge in [0.2, 0.25) is 5.82 Å². The molecular formula is C25H24F2N6O2S. The Morgan fingerprint density at radius 2 is 1.86 bits per heavy atom. The first-order chi connectivity index (χ1) is 17.2. The van der Waals surface area contributed by atoms with Gasteiger partial charge in [-0.1, -0.05) is 24.6 Å². The molecule has 5 heterocycles. The van der Waals surface area contributed by atoms with E-state index in [9.17, 15) is 9.90 Å². The smallest absolute Gasteiger partial charge is 0.374 e. The van der Waals surface area contributed by atoms with Crippen LogP contribution in [0.3, 0.4) is 0 Å². The zero-order valence-electron chi connectivity index (χ0n) is 19.7. The number of carboxylic acids is 1. The first-order valence-corrected chi connectivity index (χ1v) is 13.2. The normalized spacial score (nSPS) is 18.1. The molecule has 3 aliphatic rings. The second-order valence-electron chi connectivity index (χ2n) is 9.45. The van der Waals surface area contributed by atoms with Gasteiger partial charge >= 0.3 is 5.97 Å². The number of hydrogen-bond donors (Lipinski definition) is 2. The lowest BCUT2D eigenvalue weighted by atomic mass is 9.80. The molecule has 0 saturated heterocycles. The van der Waals surface area contributed by atoms with Gasteiger partial charge in [-0.15, -0.1) is 7.77 Å². The minimum atomic E-state index is -4.32. The Balaban J connectivity index is 1.64. The highest BCUT2D eigenvalue weighted by Gasteiger charge is 2.33. The number of fused-ring (bicyclic) bond motifs is 3. The van der Waals surface area contributed by atoms with Gasteiger partial charge in [0.25, 0.3) is 0 Å². The lowest BCUT2D eigenvalue weighted by Gasteiger charge is -2.32. The lowest BCUT2D eigenvalue weighted by Crippen LogP contribution is -2.31. The number of halogens is 2. The molecule has 0 spiro atoms. The number of nitrogens with one attached hydrogen (secondary N) is 1. The molecule has 2 aliphatic heterocycles. The van der Waals surface area contributed by atoms with E-state index in [1.54, 1.807) is 25.1 Å². The molecule has 11 heteroatoms. The number of aromatic carboxylic acids is 1. The SMILES string of the molecule is Cc1ccc2nc1-c1nc3nc(C(=O)O)nc(N[C@H](C)C4CCC4)c3n1Cc1ccc(cc1)S2(F)F. The number of anilines is 1. The van der Waals surface area contributed by atoms with E-state index in [-0.39, 0.29) is 27.4 Å². The number of aryl methyl sites for hydroxylation is 1. The number of aromatic nitrogens is 5. The average Bonchev–Trinajstić information content (AvgIpc) is 3.15. The average molecular weight is 511 g/mol. The van der Waals surface area contributed by atoms with Crippen LogP contribution in [0.2, 0.25) is 0 Å². The summed E-state index contributed by atoms with van der Waals surface area (Å²) in [6.07, 6.45) is 3.36. The van der Waals surface area contributed by atoms with Crippen molar-refractivity contribution < 1.29 is 17.7 Å². The van der Waals surface area contributed by atoms with Gasteiger partial charge in [0.15, 0.2) is 17.3 Å². The van der Waals surface area contributed by atoms with Crippen molar-refractivity contribution in [3.8, 4) is 11.5 Å². The van der Waals surface area contributed by atoms with Crippen molar-refractivity contribution in [2.45, 2.75) is 55.6 Å². The van der Waals surface area contributed by atoms with E-state index in [0.29, 0.717) is 40.9 Å². The van der Waals surface area contributed by atoms with E-state index in [4.69, 9.17) is 0 Å². The molecular weight excluding hydrogens is 486 g/mol. The second-order valence-corrected chi connectivity index (χ2v) is 11.3. The predicted molar refractivity (Wildman–Crippen MR) is 133 cm³/mol. The number of hydrogen-bond acceptors (Lipinski definition) is 6. The Bertz CT molecular complexity index is 1520. The van der Waals surface area contributed by atoms with Crippen molar-refractivity contribution in [2.75, 3.05) is 5.32 Å². The van der Waals surface area contributed by atoms with E-state index in [1.807, 2.05) is 4.57 Å². The number of benzene rings is 1. The zero-order valence-corrected chi connectivity index (χ0v) is 20.5. The van der Waals surface area contributed by atoms with Crippen LogP contribution >= 0.6 is 10.8 Å². The van der Waals surface area contributed by atoms with E-state index < -0.39 is 16.8 Å². The Labute approximate surface area is 207 Å². The van der Waals surface area contributed by atoms with E-state index in [0.717, 1.165) is 18.4 Å². The summed E-state index contributed by atoms with van der Waals surface area (Å²) in [5.74, 6) is -0.461. The third-order valence-electron chi connectivity index (χ3n) is 7.12. The van der Waals surface area contributed by atoms with Gasteiger partial charge < -0.3 is 15.0 Å². The van der Waals surface area contributed by atoms with E-state index in [1.165, 1.54) is 24.6 Å². The Morgan fingerprint density at radius 3 is 2.53 bits per heavy atom. The molecule has 2 N–H and O–H groups in total. The van der Waals surface area contributed by atoms with Crippen LogP contribution in [0.1, 0.15) is 47.9 Å². The second kappa shape index (κ2) is 8.22. The molecule has 36 heavy (non-hydrogen) atoms. The summed E-state index contributed by atoms with van der Waals surface area (Å²) in [6.45, 7) is 4.15. The number of rotatable bonds is 4. The fourth-order valence-electron chi connectivity index (χ4n) is 4.79. The van der Waals surface area contributed by atoms with Crippen molar-refractivity contribution in [1.82, 2.24) is 24.5 Å². The molecule has 7 rings (SSSR count). The van der Waals surface area contributed by atoms with Gasteiger partial charge in [-0.2, -0.15) is 0 Å². The van der Waals surface area contributed by atoms with Gasteiger partial charge in [0.05, 0.1) is 4.90 Å². The van der Waals surface area contributed by atoms with Crippen LogP contribution in [-0.4, -0.2) is 41.6 Å². The highest BCUT2D eigenvalue weighted by molar-refractivity contribution is 8.25. The first-order valence-electron chi connectivity index (χ1n) is 11.8. The third-order valence-corrected chi connectivity index (χ3v) is 8.74. The molecule has 8 nitrogen and oxygen atoms in total. The van der Waals surface area contributed by atoms with Gasteiger partial charge in [0, 0.05) is 12.6 Å². The number of pyridine rings is 1. The standard InChI is InChI=1S/C25H24F2N6O2S/c1-13-6-11-18-29-19(13)24-32-22-20(33(24)12-15-7-9-17(10-8-15)36(18,26)27)21(30-23(31-22)25(34)35)28-14(2)16-4-3-5-16/h6-11,14,16H,3-5,12H2,1-2H3,(H,34,35)(H,28,30,31)/t14-/m1/s1. The van der Waals surface area contributed by atoms with Crippen LogP contribution in [0, 0.1) is 12.8 Å². The minimum Gasteiger partial charge on any atom is -0.475 e. The van der Waals surface area contributed by atoms with Crippen molar-refractivity contribution in [2.24, 2.45) is 5.92 Å². The fraction of sp³-hybridized carbons (Fsp3) is 0.320. The van der Waals surface area contributed by atoms with Crippen LogP contribution in [0.25, 0.3) is 22.7 Å². The molecule has 0 unspecified atom stereocenters. The predicted octanol–water partition coefficient (Wildman–Crippen LogP) is 5.85. The highest BCUT2D eigenvalue weighted by atomic mass is 32.3. The summed E-state index contributed by atoms with van der Waals surface area (Å²) in [4.78, 5) is 29.4. The van der Waals surface area contributed by atoms with Crippen LogP contribution < -0.4 is 5.32 Å². The summed E-state index contributed by atoms with van der Waals surface area (Å²) < 4.78 is 32.7. The lowest BCUT2D eigenvalue weighted by molar-refractivity contribution is 0.0684. The maximum atomic E-state index is 15.4. The molecule has 186 valence electrons. The van der Waals surface area contributed by atoms with Crippen molar-refractivity contribution >= 4 is 33.8 Å². The highest BCUT2D eigenvalue weighted by Crippen LogP contribution is 2.65. The number of nitrogens with zero attached hydrogens (tertiary/aromatic N) is 5. The van der Waals surface area contributed by atoms with Crippen molar-refractivity contribution in [3.63, 3.8) is 0 Å². The molecule has 1 aliphatic carbocycles. The summed E-state index contributed by atoms with van der Waals surface area (Å²) in [5.41, 5.74) is 2.49. The molecule has 1 aromatic carbocycles. The molecule has 0 radical (unpaired) electrons. The molecule has 0 amide bonds. The van der Waals surface area contributed by atoms with Crippen molar-refractivity contribution in [3.05, 3.63) is 53.3 Å². The summed E-state index contributed by atoms with van der Waals surface area (Å²) in [7, 11) is -4.32. The number of imidazole rings is 1. The topological polar surface area (TPSA) is 106 Å². The Kier molecular flexibility index (Phi) is 5.22. The third kappa shape index (κ3) is 3.60. The monoisotopic (exact) mass is 510 g/mol. The van der Waals surface area contributed by atoms with Crippen LogP contribution in [0.5, 0.6) is 0 Å².